The molecule has 0 spiro atoms. The van der Waals surface area contributed by atoms with Gasteiger partial charge in [0.2, 0.25) is 0 Å². The number of unbranched alkanes of at least 4 members (excludes halogenated alkanes) is 2. The van der Waals surface area contributed by atoms with Crippen molar-refractivity contribution in [2.75, 3.05) is 13.2 Å². The highest BCUT2D eigenvalue weighted by Gasteiger charge is 2.36. The lowest BCUT2D eigenvalue weighted by Gasteiger charge is -2.16. The van der Waals surface area contributed by atoms with Gasteiger partial charge in [-0.1, -0.05) is 19.8 Å². The maximum Gasteiger partial charge on any atom is 0.261 e. The van der Waals surface area contributed by atoms with Crippen molar-refractivity contribution in [2.45, 2.75) is 51.0 Å². The molecule has 3 atom stereocenters. The van der Waals surface area contributed by atoms with E-state index in [1.54, 1.807) is 0 Å². The van der Waals surface area contributed by atoms with Crippen LogP contribution in [0, 0.1) is 0 Å². The van der Waals surface area contributed by atoms with E-state index >= 15 is 0 Å². The lowest BCUT2D eigenvalue weighted by atomic mass is 10.2. The van der Waals surface area contributed by atoms with Gasteiger partial charge in [0.05, 0.1) is 25.2 Å². The highest BCUT2D eigenvalue weighted by molar-refractivity contribution is 5.72. The standard InChI is InChI=1S/C15H22N4O4/c1-2-3-4-5-22-8-10-6-12(20)15(23-10)19-13-11(7-18-19)14(21)17-9-16-13/h7,9-10,12,15,20H,2-6,8H2,1H3,(H,16,17,21)/t10-,12+,15+/m0/s1. The zero-order chi connectivity index (χ0) is 16.2. The van der Waals surface area contributed by atoms with Gasteiger partial charge in [-0.05, 0) is 6.42 Å². The minimum absolute atomic E-state index is 0.183. The first kappa shape index (κ1) is 16.1. The number of ether oxygens (including phenoxy) is 2. The zero-order valence-electron chi connectivity index (χ0n) is 13.1. The van der Waals surface area contributed by atoms with E-state index in [1.807, 2.05) is 0 Å². The monoisotopic (exact) mass is 322 g/mol. The fourth-order valence-corrected chi connectivity index (χ4v) is 2.79. The SMILES string of the molecule is CCCCCOC[C@@H]1C[C@@H](O)[C@H](n2ncc3c(=O)[nH]cnc32)O1. The molecule has 1 saturated heterocycles. The maximum absolute atomic E-state index is 11.7. The number of nitrogens with zero attached hydrogens (tertiary/aromatic N) is 3. The van der Waals surface area contributed by atoms with Gasteiger partial charge in [-0.25, -0.2) is 9.67 Å². The fraction of sp³-hybridized carbons (Fsp3) is 0.667. The Morgan fingerprint density at radius 3 is 3.22 bits per heavy atom. The second kappa shape index (κ2) is 7.20. The van der Waals surface area contributed by atoms with E-state index in [0.29, 0.717) is 30.7 Å². The minimum atomic E-state index is -0.705. The molecule has 2 aromatic heterocycles. The van der Waals surface area contributed by atoms with Gasteiger partial charge in [-0.2, -0.15) is 5.10 Å². The normalized spacial score (nSPS) is 24.5. The summed E-state index contributed by atoms with van der Waals surface area (Å²) in [6.07, 6.45) is 5.03. The second-order valence-electron chi connectivity index (χ2n) is 5.79. The summed E-state index contributed by atoms with van der Waals surface area (Å²) < 4.78 is 12.9. The molecule has 3 rings (SSSR count). The summed E-state index contributed by atoms with van der Waals surface area (Å²) in [5, 5.41) is 14.8. The number of aliphatic hydroxyl groups is 1. The van der Waals surface area contributed by atoms with Crippen LogP contribution in [0.1, 0.15) is 38.8 Å². The molecule has 0 unspecified atom stereocenters. The van der Waals surface area contributed by atoms with Crippen LogP contribution < -0.4 is 5.56 Å². The molecule has 0 amide bonds. The number of H-pyrrole nitrogens is 1. The Morgan fingerprint density at radius 2 is 2.39 bits per heavy atom. The summed E-state index contributed by atoms with van der Waals surface area (Å²) in [5.74, 6) is 0. The summed E-state index contributed by atoms with van der Waals surface area (Å²) in [4.78, 5) is 18.3. The predicted molar refractivity (Wildman–Crippen MR) is 83.0 cm³/mol. The molecule has 1 aliphatic heterocycles. The number of hydrogen-bond acceptors (Lipinski definition) is 6. The maximum atomic E-state index is 11.7. The van der Waals surface area contributed by atoms with Crippen LogP contribution in [-0.4, -0.2) is 50.3 Å². The van der Waals surface area contributed by atoms with Crippen molar-refractivity contribution in [2.24, 2.45) is 0 Å². The average Bonchev–Trinajstić information content (AvgIpc) is 3.11. The molecular weight excluding hydrogens is 300 g/mol. The van der Waals surface area contributed by atoms with Crippen LogP contribution in [0.2, 0.25) is 0 Å². The van der Waals surface area contributed by atoms with Crippen molar-refractivity contribution in [1.82, 2.24) is 19.7 Å². The van der Waals surface area contributed by atoms with Crippen molar-refractivity contribution in [3.05, 3.63) is 22.9 Å². The molecule has 126 valence electrons. The summed E-state index contributed by atoms with van der Waals surface area (Å²) >= 11 is 0. The van der Waals surface area contributed by atoms with Gasteiger partial charge in [0.1, 0.15) is 11.5 Å². The number of fused-ring (bicyclic) bond motifs is 1. The Bertz CT molecular complexity index is 698. The summed E-state index contributed by atoms with van der Waals surface area (Å²) in [6, 6.07) is 0. The van der Waals surface area contributed by atoms with E-state index in [9.17, 15) is 9.90 Å². The molecule has 0 aromatic carbocycles. The van der Waals surface area contributed by atoms with E-state index < -0.39 is 12.3 Å². The quantitative estimate of drug-likeness (QED) is 0.737. The van der Waals surface area contributed by atoms with Gasteiger partial charge in [-0.3, -0.25) is 4.79 Å². The topological polar surface area (TPSA) is 102 Å². The molecular formula is C15H22N4O4. The first-order valence-corrected chi connectivity index (χ1v) is 8.03. The molecule has 0 bridgehead atoms. The van der Waals surface area contributed by atoms with E-state index in [-0.39, 0.29) is 11.7 Å². The lowest BCUT2D eigenvalue weighted by molar-refractivity contribution is -0.0655. The molecule has 3 heterocycles. The lowest BCUT2D eigenvalue weighted by Crippen LogP contribution is -2.21. The van der Waals surface area contributed by atoms with Crippen LogP contribution in [0.5, 0.6) is 0 Å². The molecule has 0 saturated carbocycles. The number of aliphatic hydroxyl groups excluding tert-OH is 1. The van der Waals surface area contributed by atoms with Gasteiger partial charge >= 0.3 is 0 Å². The number of aromatic amines is 1. The largest absolute Gasteiger partial charge is 0.388 e. The van der Waals surface area contributed by atoms with E-state index in [2.05, 4.69) is 22.0 Å². The zero-order valence-corrected chi connectivity index (χ0v) is 13.1. The predicted octanol–water partition coefficient (Wildman–Crippen LogP) is 0.975. The van der Waals surface area contributed by atoms with Crippen molar-refractivity contribution < 1.29 is 14.6 Å². The fourth-order valence-electron chi connectivity index (χ4n) is 2.79. The summed E-state index contributed by atoms with van der Waals surface area (Å²) in [6.45, 7) is 3.30. The molecule has 8 nitrogen and oxygen atoms in total. The molecule has 1 fully saturated rings. The molecule has 8 heteroatoms. The van der Waals surface area contributed by atoms with Crippen molar-refractivity contribution in [3.8, 4) is 0 Å². The first-order valence-electron chi connectivity index (χ1n) is 8.03. The number of aromatic nitrogens is 4. The third-order valence-corrected chi connectivity index (χ3v) is 4.00. The van der Waals surface area contributed by atoms with Gasteiger partial charge in [0, 0.05) is 13.0 Å². The summed E-state index contributed by atoms with van der Waals surface area (Å²) in [5.41, 5.74) is 0.145. The van der Waals surface area contributed by atoms with Gasteiger partial charge in [0.15, 0.2) is 11.9 Å². The van der Waals surface area contributed by atoms with Crippen molar-refractivity contribution in [1.29, 1.82) is 0 Å². The van der Waals surface area contributed by atoms with Gasteiger partial charge in [-0.15, -0.1) is 0 Å². The number of nitrogens with one attached hydrogen (secondary N) is 1. The number of rotatable bonds is 7. The van der Waals surface area contributed by atoms with Crippen LogP contribution >= 0.6 is 0 Å². The van der Waals surface area contributed by atoms with Gasteiger partial charge < -0.3 is 19.6 Å². The first-order chi connectivity index (χ1) is 11.2. The molecule has 0 aliphatic carbocycles. The minimum Gasteiger partial charge on any atom is -0.388 e. The molecule has 2 aromatic rings. The molecule has 2 N–H and O–H groups in total. The Kier molecular flexibility index (Phi) is 5.04. The third kappa shape index (κ3) is 3.44. The van der Waals surface area contributed by atoms with Crippen LogP contribution in [0.15, 0.2) is 17.3 Å². The van der Waals surface area contributed by atoms with Crippen molar-refractivity contribution >= 4 is 11.0 Å². The third-order valence-electron chi connectivity index (χ3n) is 4.00. The van der Waals surface area contributed by atoms with E-state index in [4.69, 9.17) is 9.47 Å². The molecule has 1 aliphatic rings. The summed E-state index contributed by atoms with van der Waals surface area (Å²) in [7, 11) is 0. The average molecular weight is 322 g/mol. The number of hydrogen-bond donors (Lipinski definition) is 2. The van der Waals surface area contributed by atoms with Gasteiger partial charge in [0.25, 0.3) is 5.56 Å². The second-order valence-corrected chi connectivity index (χ2v) is 5.79. The Morgan fingerprint density at radius 1 is 1.52 bits per heavy atom. The van der Waals surface area contributed by atoms with E-state index in [1.165, 1.54) is 17.2 Å². The van der Waals surface area contributed by atoms with Crippen LogP contribution in [0.25, 0.3) is 11.0 Å². The Hall–Kier alpha value is -1.77. The molecule has 0 radical (unpaired) electrons. The van der Waals surface area contributed by atoms with Crippen LogP contribution in [0.3, 0.4) is 0 Å². The van der Waals surface area contributed by atoms with Crippen molar-refractivity contribution in [3.63, 3.8) is 0 Å². The van der Waals surface area contributed by atoms with Crippen LogP contribution in [0.4, 0.5) is 0 Å². The molecule has 23 heavy (non-hydrogen) atoms. The van der Waals surface area contributed by atoms with E-state index in [0.717, 1.165) is 19.3 Å². The Balaban J connectivity index is 1.64. The Labute approximate surface area is 133 Å². The smallest absolute Gasteiger partial charge is 0.261 e. The van der Waals surface area contributed by atoms with Crippen LogP contribution in [-0.2, 0) is 9.47 Å². The highest BCUT2D eigenvalue weighted by atomic mass is 16.6. The highest BCUT2D eigenvalue weighted by Crippen LogP contribution is 2.30.